The van der Waals surface area contributed by atoms with Gasteiger partial charge in [-0.15, -0.1) is 0 Å². The lowest BCUT2D eigenvalue weighted by Gasteiger charge is -2.18. The Morgan fingerprint density at radius 1 is 1.12 bits per heavy atom. The van der Waals surface area contributed by atoms with Crippen LogP contribution in [0.2, 0.25) is 0 Å². The predicted octanol–water partition coefficient (Wildman–Crippen LogP) is 4.44. The summed E-state index contributed by atoms with van der Waals surface area (Å²) in [6, 6.07) is 3.08. The maximum Gasteiger partial charge on any atom is 0.418 e. The molecular weight excluding hydrogens is 429 g/mol. The number of alkyl halides is 7. The van der Waals surface area contributed by atoms with Crippen LogP contribution in [-0.2, 0) is 11.0 Å². The van der Waals surface area contributed by atoms with E-state index in [1.807, 2.05) is 0 Å². The summed E-state index contributed by atoms with van der Waals surface area (Å²) in [4.78, 5) is 29.4. The van der Waals surface area contributed by atoms with Crippen LogP contribution in [0.25, 0.3) is 0 Å². The molecular formula is C13H8Cl4F3N3O2. The number of para-hydroxylation sites is 1. The van der Waals surface area contributed by atoms with Crippen molar-refractivity contribution in [3.8, 4) is 0 Å². The van der Waals surface area contributed by atoms with Gasteiger partial charge in [0.15, 0.2) is 5.50 Å². The number of amides is 3. The van der Waals surface area contributed by atoms with E-state index in [2.05, 4.69) is 4.99 Å². The van der Waals surface area contributed by atoms with Crippen LogP contribution in [0.5, 0.6) is 0 Å². The molecule has 1 aliphatic rings. The molecule has 25 heavy (non-hydrogen) atoms. The number of urea groups is 1. The maximum absolute atomic E-state index is 13.2. The lowest BCUT2D eigenvalue weighted by atomic mass is 10.1. The second kappa shape index (κ2) is 6.83. The van der Waals surface area contributed by atoms with Crippen LogP contribution in [0.4, 0.5) is 23.7 Å². The van der Waals surface area contributed by atoms with Crippen molar-refractivity contribution in [3.63, 3.8) is 0 Å². The van der Waals surface area contributed by atoms with Gasteiger partial charge in [-0.25, -0.2) is 14.7 Å². The molecule has 1 aliphatic heterocycles. The molecule has 1 aromatic rings. The summed E-state index contributed by atoms with van der Waals surface area (Å²) in [6.45, 7) is 0. The normalized spacial score (nSPS) is 19.1. The Hall–Kier alpha value is -1.22. The Kier molecular flexibility index (Phi) is 5.49. The van der Waals surface area contributed by atoms with Crippen molar-refractivity contribution in [1.29, 1.82) is 0 Å². The monoisotopic (exact) mass is 435 g/mol. The second-order valence-corrected chi connectivity index (χ2v) is 7.61. The number of carbonyl (C=O) groups is 2. The van der Waals surface area contributed by atoms with E-state index in [-0.39, 0.29) is 0 Å². The number of hydrogen-bond donors (Lipinski definition) is 0. The molecule has 1 fully saturated rings. The molecule has 0 aliphatic carbocycles. The molecule has 5 nitrogen and oxygen atoms in total. The van der Waals surface area contributed by atoms with E-state index in [9.17, 15) is 22.8 Å². The van der Waals surface area contributed by atoms with Crippen molar-refractivity contribution in [1.82, 2.24) is 4.90 Å². The lowest BCUT2D eigenvalue weighted by molar-refractivity contribution is -0.137. The number of nitrogens with zero attached hydrogens (tertiary/aromatic N) is 3. The molecule has 1 aromatic carbocycles. The average Bonchev–Trinajstić information content (AvgIpc) is 2.69. The van der Waals surface area contributed by atoms with Gasteiger partial charge in [0.2, 0.25) is 9.63 Å². The highest BCUT2D eigenvalue weighted by molar-refractivity contribution is 6.70. The molecule has 3 amide bonds. The third-order valence-electron chi connectivity index (χ3n) is 3.15. The molecule has 12 heteroatoms. The molecule has 136 valence electrons. The molecule has 1 atom stereocenters. The van der Waals surface area contributed by atoms with Gasteiger partial charge < -0.3 is 0 Å². The average molecular weight is 437 g/mol. The number of imide groups is 1. The maximum atomic E-state index is 13.2. The molecule has 0 bridgehead atoms. The van der Waals surface area contributed by atoms with E-state index >= 15 is 0 Å². The predicted molar refractivity (Wildman–Crippen MR) is 89.5 cm³/mol. The molecule has 0 radical (unpaired) electrons. The Balaban J connectivity index is 2.52. The highest BCUT2D eigenvalue weighted by Gasteiger charge is 2.46. The molecule has 2 rings (SSSR count). The first-order valence-corrected chi connectivity index (χ1v) is 7.99. The summed E-state index contributed by atoms with van der Waals surface area (Å²) in [5.41, 5.74) is -3.33. The number of amidine groups is 1. The molecule has 1 heterocycles. The summed E-state index contributed by atoms with van der Waals surface area (Å²) in [7, 11) is 1.14. The van der Waals surface area contributed by atoms with Crippen LogP contribution >= 0.6 is 46.4 Å². The van der Waals surface area contributed by atoms with Gasteiger partial charge in [-0.2, -0.15) is 13.2 Å². The Morgan fingerprint density at radius 2 is 1.68 bits per heavy atom. The van der Waals surface area contributed by atoms with E-state index in [1.54, 1.807) is 0 Å². The third-order valence-corrected chi connectivity index (χ3v) is 4.53. The summed E-state index contributed by atoms with van der Waals surface area (Å²) in [6.07, 6.45) is -4.78. The van der Waals surface area contributed by atoms with Crippen molar-refractivity contribution >= 4 is 69.9 Å². The van der Waals surface area contributed by atoms with Crippen LogP contribution in [0.1, 0.15) is 5.56 Å². The molecule has 0 saturated carbocycles. The minimum atomic E-state index is -4.78. The molecule has 0 spiro atoms. The topological polar surface area (TPSA) is 53.0 Å². The first kappa shape index (κ1) is 20.1. The summed E-state index contributed by atoms with van der Waals surface area (Å²) >= 11 is 22.4. The third kappa shape index (κ3) is 3.97. The van der Waals surface area contributed by atoms with Gasteiger partial charge in [0, 0.05) is 7.05 Å². The van der Waals surface area contributed by atoms with Gasteiger partial charge in [0.05, 0.1) is 11.3 Å². The van der Waals surface area contributed by atoms with Crippen molar-refractivity contribution < 1.29 is 22.8 Å². The fraction of sp³-hybridized carbons (Fsp3) is 0.308. The van der Waals surface area contributed by atoms with E-state index in [0.29, 0.717) is 4.90 Å². The second-order valence-electron chi connectivity index (χ2n) is 4.83. The summed E-state index contributed by atoms with van der Waals surface area (Å²) in [5.74, 6) is -1.67. The van der Waals surface area contributed by atoms with Crippen LogP contribution in [-0.4, -0.2) is 39.0 Å². The van der Waals surface area contributed by atoms with Crippen molar-refractivity contribution in [3.05, 3.63) is 29.8 Å². The lowest BCUT2D eigenvalue weighted by Crippen LogP contribution is -2.33. The zero-order valence-electron chi connectivity index (χ0n) is 12.2. The smallest absolute Gasteiger partial charge is 0.276 e. The number of halogens is 7. The van der Waals surface area contributed by atoms with Gasteiger partial charge in [0.1, 0.15) is 0 Å². The number of hydrogen-bond acceptors (Lipinski definition) is 3. The van der Waals surface area contributed by atoms with Crippen LogP contribution in [0.15, 0.2) is 29.3 Å². The summed E-state index contributed by atoms with van der Waals surface area (Å²) < 4.78 is 37.4. The van der Waals surface area contributed by atoms with Gasteiger partial charge in [-0.05, 0) is 12.1 Å². The van der Waals surface area contributed by atoms with E-state index in [4.69, 9.17) is 46.4 Å². The number of rotatable bonds is 2. The summed E-state index contributed by atoms with van der Waals surface area (Å²) in [5, 5.41) is 0. The molecule has 0 aromatic heterocycles. The van der Waals surface area contributed by atoms with Crippen molar-refractivity contribution in [2.45, 2.75) is 15.5 Å². The zero-order chi connectivity index (χ0) is 19.2. The molecule has 0 N–H and O–H groups in total. The first-order valence-electron chi connectivity index (χ1n) is 6.42. The van der Waals surface area contributed by atoms with E-state index < -0.39 is 44.5 Å². The quantitative estimate of drug-likeness (QED) is 0.391. The van der Waals surface area contributed by atoms with Gasteiger partial charge in [0.25, 0.3) is 0 Å². The van der Waals surface area contributed by atoms with Gasteiger partial charge >= 0.3 is 18.1 Å². The molecule has 1 saturated heterocycles. The highest BCUT2D eigenvalue weighted by atomic mass is 35.6. The SMILES string of the molecule is CN1C(=O)N(c2ccccc2C(F)(F)F)C(=O)/C1=N/C(Cl)C(Cl)(Cl)Cl. The zero-order valence-corrected chi connectivity index (χ0v) is 15.2. The van der Waals surface area contributed by atoms with Crippen molar-refractivity contribution in [2.75, 3.05) is 11.9 Å². The fourth-order valence-electron chi connectivity index (χ4n) is 2.01. The number of benzene rings is 1. The largest absolute Gasteiger partial charge is 0.418 e. The Labute approximate surface area is 159 Å². The van der Waals surface area contributed by atoms with Gasteiger partial charge in [-0.1, -0.05) is 58.5 Å². The minimum Gasteiger partial charge on any atom is -0.276 e. The number of likely N-dealkylation sites (N-methyl/N-ethyl adjacent to an activating group) is 1. The number of aliphatic imine (C=N–C) groups is 1. The van der Waals surface area contributed by atoms with Crippen LogP contribution < -0.4 is 4.90 Å². The van der Waals surface area contributed by atoms with E-state index in [0.717, 1.165) is 30.1 Å². The standard InChI is InChI=1S/C13H8Cl4F3N3O2/c1-22-8(21-10(14)12(15,16)17)9(24)23(11(22)25)7-5-3-2-4-6(7)13(18,19)20/h2-5,10H,1H3/b21-8-. The first-order chi connectivity index (χ1) is 11.4. The number of anilines is 1. The van der Waals surface area contributed by atoms with Crippen LogP contribution in [0.3, 0.4) is 0 Å². The van der Waals surface area contributed by atoms with Crippen LogP contribution in [0, 0.1) is 0 Å². The van der Waals surface area contributed by atoms with Crippen molar-refractivity contribution in [2.24, 2.45) is 4.99 Å². The molecule has 1 unspecified atom stereocenters. The fourth-order valence-corrected chi connectivity index (χ4v) is 2.25. The van der Waals surface area contributed by atoms with Gasteiger partial charge in [-0.3, -0.25) is 9.69 Å². The van der Waals surface area contributed by atoms with E-state index in [1.165, 1.54) is 6.07 Å². The minimum absolute atomic E-state index is 0.337. The Bertz CT molecular complexity index is 749. The highest BCUT2D eigenvalue weighted by Crippen LogP contribution is 2.39. The Morgan fingerprint density at radius 3 is 2.20 bits per heavy atom. The number of carbonyl (C=O) groups excluding carboxylic acids is 2.